The van der Waals surface area contributed by atoms with Crippen LogP contribution in [-0.2, 0) is 14.8 Å². The van der Waals surface area contributed by atoms with Gasteiger partial charge < -0.3 is 4.74 Å². The quantitative estimate of drug-likeness (QED) is 0.750. The molecule has 0 unspecified atom stereocenters. The first-order chi connectivity index (χ1) is 12.8. The number of rotatable bonds is 6. The summed E-state index contributed by atoms with van der Waals surface area (Å²) in [5.41, 5.74) is 3.94. The third kappa shape index (κ3) is 6.23. The van der Waals surface area contributed by atoms with E-state index in [0.717, 1.165) is 42.0 Å². The predicted octanol–water partition coefficient (Wildman–Crippen LogP) is 3.07. The van der Waals surface area contributed by atoms with Crippen LogP contribution in [0.25, 0.3) is 0 Å². The van der Waals surface area contributed by atoms with E-state index in [0.29, 0.717) is 11.4 Å². The van der Waals surface area contributed by atoms with E-state index in [1.54, 1.807) is 31.2 Å². The zero-order valence-electron chi connectivity index (χ0n) is 16.3. The Bertz CT molecular complexity index is 750. The van der Waals surface area contributed by atoms with Gasteiger partial charge in [0.15, 0.2) is 0 Å². The first-order valence-corrected chi connectivity index (χ1v) is 11.2. The van der Waals surface area contributed by atoms with Crippen LogP contribution < -0.4 is 14.5 Å². The molecule has 1 aliphatic carbocycles. The van der Waals surface area contributed by atoms with Crippen molar-refractivity contribution in [2.24, 2.45) is 5.10 Å². The van der Waals surface area contributed by atoms with Gasteiger partial charge in [-0.25, -0.2) is 13.8 Å². The Hall–Kier alpha value is -2.09. The van der Waals surface area contributed by atoms with E-state index in [2.05, 4.69) is 10.5 Å². The molecule has 0 aromatic heterocycles. The van der Waals surface area contributed by atoms with Crippen molar-refractivity contribution >= 4 is 27.3 Å². The number of nitrogens with zero attached hydrogens (tertiary/aromatic N) is 2. The summed E-state index contributed by atoms with van der Waals surface area (Å²) in [6.07, 6.45) is 8.61. The van der Waals surface area contributed by atoms with E-state index < -0.39 is 22.0 Å². The number of ether oxygens (including phenoxy) is 1. The molecule has 0 spiro atoms. The summed E-state index contributed by atoms with van der Waals surface area (Å²) in [6, 6.07) is 5.63. The normalized spacial score (nSPS) is 16.6. The van der Waals surface area contributed by atoms with Crippen LogP contribution in [0.3, 0.4) is 0 Å². The number of anilines is 1. The van der Waals surface area contributed by atoms with Gasteiger partial charge in [0, 0.05) is 5.71 Å². The fraction of sp³-hybridized carbons (Fsp3) is 0.579. The van der Waals surface area contributed by atoms with Gasteiger partial charge >= 0.3 is 0 Å². The Kier molecular flexibility index (Phi) is 7.65. The van der Waals surface area contributed by atoms with Crippen molar-refractivity contribution in [2.45, 2.75) is 57.9 Å². The number of hydrogen-bond donors (Lipinski definition) is 1. The van der Waals surface area contributed by atoms with Gasteiger partial charge in [0.1, 0.15) is 11.8 Å². The summed E-state index contributed by atoms with van der Waals surface area (Å²) in [5, 5.41) is 4.27. The zero-order chi connectivity index (χ0) is 19.9. The minimum atomic E-state index is -3.65. The molecular weight excluding hydrogens is 366 g/mol. The van der Waals surface area contributed by atoms with E-state index in [4.69, 9.17) is 4.74 Å². The number of amides is 1. The number of hydrogen-bond acceptors (Lipinski definition) is 5. The summed E-state index contributed by atoms with van der Waals surface area (Å²) in [5.74, 6) is 0.158. The summed E-state index contributed by atoms with van der Waals surface area (Å²) < 4.78 is 30.8. The molecule has 2 rings (SSSR count). The first kappa shape index (κ1) is 21.2. The van der Waals surface area contributed by atoms with E-state index >= 15 is 0 Å². The second-order valence-electron chi connectivity index (χ2n) is 6.85. The molecule has 1 saturated carbocycles. The molecule has 1 atom stereocenters. The Balaban J connectivity index is 2.13. The lowest BCUT2D eigenvalue weighted by atomic mass is 9.99. The van der Waals surface area contributed by atoms with Crippen molar-refractivity contribution in [3.63, 3.8) is 0 Å². The fourth-order valence-corrected chi connectivity index (χ4v) is 4.37. The highest BCUT2D eigenvalue weighted by Crippen LogP contribution is 2.24. The number of carbonyl (C=O) groups excluding carboxylic acids is 1. The summed E-state index contributed by atoms with van der Waals surface area (Å²) in [7, 11) is -2.12. The molecule has 1 aromatic carbocycles. The Morgan fingerprint density at radius 2 is 1.67 bits per heavy atom. The molecule has 150 valence electrons. The topological polar surface area (TPSA) is 88.1 Å². The highest BCUT2D eigenvalue weighted by molar-refractivity contribution is 7.92. The van der Waals surface area contributed by atoms with E-state index in [-0.39, 0.29) is 0 Å². The van der Waals surface area contributed by atoms with Crippen LogP contribution in [0.4, 0.5) is 5.69 Å². The molecular formula is C19H29N3O4S. The maximum absolute atomic E-state index is 12.6. The van der Waals surface area contributed by atoms with Crippen molar-refractivity contribution in [1.82, 2.24) is 5.43 Å². The van der Waals surface area contributed by atoms with Crippen molar-refractivity contribution in [2.75, 3.05) is 17.7 Å². The van der Waals surface area contributed by atoms with E-state index in [1.165, 1.54) is 26.4 Å². The van der Waals surface area contributed by atoms with E-state index in [1.807, 2.05) is 0 Å². The third-order valence-electron chi connectivity index (χ3n) is 4.67. The van der Waals surface area contributed by atoms with Gasteiger partial charge in [0.2, 0.25) is 10.0 Å². The molecule has 7 nitrogen and oxygen atoms in total. The average Bonchev–Trinajstić information content (AvgIpc) is 2.60. The van der Waals surface area contributed by atoms with Crippen LogP contribution in [0.1, 0.15) is 51.9 Å². The lowest BCUT2D eigenvalue weighted by molar-refractivity contribution is -0.121. The molecule has 0 heterocycles. The van der Waals surface area contributed by atoms with Crippen LogP contribution in [0, 0.1) is 0 Å². The monoisotopic (exact) mass is 395 g/mol. The minimum absolute atomic E-state index is 0.402. The van der Waals surface area contributed by atoms with Gasteiger partial charge in [-0.2, -0.15) is 5.10 Å². The second-order valence-corrected chi connectivity index (χ2v) is 8.71. The molecule has 0 aliphatic heterocycles. The van der Waals surface area contributed by atoms with Crippen LogP contribution in [-0.4, -0.2) is 39.4 Å². The number of sulfonamides is 1. The standard InChI is InChI=1S/C19H29N3O4S/c1-15(19(23)21-20-16-9-7-5-4-6-8-10-16)22(27(3,24)25)17-11-13-18(26-2)14-12-17/h11-15H,4-10H2,1-3H3,(H,21,23)/t15-/m0/s1. The molecule has 8 heteroatoms. The van der Waals surface area contributed by atoms with Gasteiger partial charge in [-0.3, -0.25) is 9.10 Å². The predicted molar refractivity (Wildman–Crippen MR) is 108 cm³/mol. The zero-order valence-corrected chi connectivity index (χ0v) is 17.1. The van der Waals surface area contributed by atoms with Crippen molar-refractivity contribution in [3.05, 3.63) is 24.3 Å². The minimum Gasteiger partial charge on any atom is -0.497 e. The highest BCUT2D eigenvalue weighted by atomic mass is 32.2. The van der Waals surface area contributed by atoms with E-state index in [9.17, 15) is 13.2 Å². The fourth-order valence-electron chi connectivity index (χ4n) is 3.19. The third-order valence-corrected chi connectivity index (χ3v) is 5.91. The van der Waals surface area contributed by atoms with Crippen LogP contribution in [0.15, 0.2) is 29.4 Å². The molecule has 0 radical (unpaired) electrons. The Morgan fingerprint density at radius 1 is 1.11 bits per heavy atom. The number of nitrogens with one attached hydrogen (secondary N) is 1. The molecule has 0 bridgehead atoms. The molecule has 1 aliphatic rings. The molecule has 27 heavy (non-hydrogen) atoms. The Labute approximate surface area is 161 Å². The Morgan fingerprint density at radius 3 is 2.19 bits per heavy atom. The highest BCUT2D eigenvalue weighted by Gasteiger charge is 2.29. The smallest absolute Gasteiger partial charge is 0.263 e. The lowest BCUT2D eigenvalue weighted by Gasteiger charge is -2.27. The maximum atomic E-state index is 12.6. The van der Waals surface area contributed by atoms with Gasteiger partial charge in [0.05, 0.1) is 19.1 Å². The van der Waals surface area contributed by atoms with Gasteiger partial charge in [0.25, 0.3) is 5.91 Å². The SMILES string of the molecule is COc1ccc(N([C@@H](C)C(=O)NN=C2CCCCCCC2)S(C)(=O)=O)cc1. The number of carbonyl (C=O) groups is 1. The summed E-state index contributed by atoms with van der Waals surface area (Å²) >= 11 is 0. The first-order valence-electron chi connectivity index (χ1n) is 9.31. The molecule has 1 N–H and O–H groups in total. The number of benzene rings is 1. The van der Waals surface area contributed by atoms with Crippen molar-refractivity contribution in [1.29, 1.82) is 0 Å². The van der Waals surface area contributed by atoms with Crippen molar-refractivity contribution < 1.29 is 17.9 Å². The molecule has 1 fully saturated rings. The van der Waals surface area contributed by atoms with Crippen LogP contribution >= 0.6 is 0 Å². The maximum Gasteiger partial charge on any atom is 0.263 e. The van der Waals surface area contributed by atoms with Gasteiger partial charge in [-0.1, -0.05) is 19.3 Å². The van der Waals surface area contributed by atoms with Crippen molar-refractivity contribution in [3.8, 4) is 5.75 Å². The molecule has 0 saturated heterocycles. The van der Waals surface area contributed by atoms with Crippen LogP contribution in [0.5, 0.6) is 5.75 Å². The van der Waals surface area contributed by atoms with Gasteiger partial charge in [-0.05, 0) is 56.9 Å². The van der Waals surface area contributed by atoms with Gasteiger partial charge in [-0.15, -0.1) is 0 Å². The molecule has 1 amide bonds. The number of hydrazone groups is 1. The second kappa shape index (κ2) is 9.73. The summed E-state index contributed by atoms with van der Waals surface area (Å²) in [4.78, 5) is 12.6. The number of methoxy groups -OCH3 is 1. The van der Waals surface area contributed by atoms with Crippen LogP contribution in [0.2, 0.25) is 0 Å². The lowest BCUT2D eigenvalue weighted by Crippen LogP contribution is -2.46. The average molecular weight is 396 g/mol. The molecule has 1 aromatic rings. The summed E-state index contributed by atoms with van der Waals surface area (Å²) in [6.45, 7) is 1.55. The largest absolute Gasteiger partial charge is 0.497 e.